The average Bonchev–Trinajstić information content (AvgIpc) is 2.39. The Morgan fingerprint density at radius 1 is 1.19 bits per heavy atom. The van der Waals surface area contributed by atoms with E-state index in [1.807, 2.05) is 31.2 Å². The number of anilines is 1. The highest BCUT2D eigenvalue weighted by molar-refractivity contribution is 8.00. The van der Waals surface area contributed by atoms with Crippen molar-refractivity contribution in [2.24, 2.45) is 5.92 Å². The molecule has 0 unspecified atom stereocenters. The third kappa shape index (κ3) is 5.77. The maximum atomic E-state index is 11.7. The first-order valence-corrected chi connectivity index (χ1v) is 8.20. The largest absolute Gasteiger partial charge is 0.355 e. The van der Waals surface area contributed by atoms with Crippen LogP contribution in [-0.4, -0.2) is 43.0 Å². The zero-order chi connectivity index (χ0) is 15.1. The lowest BCUT2D eigenvalue weighted by Crippen LogP contribution is -2.48. The smallest absolute Gasteiger partial charge is 0.234 e. The molecule has 1 aromatic rings. The molecule has 1 aliphatic heterocycles. The van der Waals surface area contributed by atoms with Crippen LogP contribution in [0.4, 0.5) is 5.69 Å². The van der Waals surface area contributed by atoms with Gasteiger partial charge in [-0.15, -0.1) is 11.8 Å². The predicted octanol–water partition coefficient (Wildman–Crippen LogP) is 1.00. The van der Waals surface area contributed by atoms with E-state index in [9.17, 15) is 9.59 Å². The Balaban J connectivity index is 1.57. The van der Waals surface area contributed by atoms with Crippen molar-refractivity contribution in [3.05, 3.63) is 29.8 Å². The number of carbonyl (C=O) groups excluding carboxylic acids is 2. The van der Waals surface area contributed by atoms with Crippen LogP contribution in [0, 0.1) is 12.8 Å². The minimum Gasteiger partial charge on any atom is -0.355 e. The molecule has 6 heteroatoms. The second-order valence-electron chi connectivity index (χ2n) is 5.24. The molecule has 2 rings (SSSR count). The van der Waals surface area contributed by atoms with Gasteiger partial charge in [-0.2, -0.15) is 0 Å². The van der Waals surface area contributed by atoms with Crippen molar-refractivity contribution in [3.63, 3.8) is 0 Å². The van der Waals surface area contributed by atoms with E-state index in [0.717, 1.165) is 30.9 Å². The fourth-order valence-electron chi connectivity index (χ4n) is 1.87. The van der Waals surface area contributed by atoms with Gasteiger partial charge in [-0.25, -0.2) is 0 Å². The third-order valence-electron chi connectivity index (χ3n) is 3.26. The van der Waals surface area contributed by atoms with Crippen molar-refractivity contribution in [1.29, 1.82) is 0 Å². The summed E-state index contributed by atoms with van der Waals surface area (Å²) in [6.45, 7) is 4.68. The Hall–Kier alpha value is -1.53. The van der Waals surface area contributed by atoms with Crippen LogP contribution in [0.15, 0.2) is 24.3 Å². The highest BCUT2D eigenvalue weighted by Crippen LogP contribution is 2.09. The van der Waals surface area contributed by atoms with E-state index in [2.05, 4.69) is 16.0 Å². The predicted molar refractivity (Wildman–Crippen MR) is 86.5 cm³/mol. The van der Waals surface area contributed by atoms with Crippen LogP contribution < -0.4 is 16.0 Å². The molecule has 114 valence electrons. The highest BCUT2D eigenvalue weighted by Gasteiger charge is 2.17. The maximum Gasteiger partial charge on any atom is 0.234 e. The fraction of sp³-hybridized carbons (Fsp3) is 0.467. The molecule has 0 bridgehead atoms. The molecule has 3 N–H and O–H groups in total. The van der Waals surface area contributed by atoms with Crippen molar-refractivity contribution < 1.29 is 9.59 Å². The summed E-state index contributed by atoms with van der Waals surface area (Å²) in [4.78, 5) is 23.3. The van der Waals surface area contributed by atoms with Crippen molar-refractivity contribution in [2.75, 3.05) is 36.5 Å². The number of carbonyl (C=O) groups is 2. The van der Waals surface area contributed by atoms with Gasteiger partial charge in [0.05, 0.1) is 11.5 Å². The standard InChI is InChI=1S/C15H21N3O2S/c1-11-2-4-13(5-3-11)18-15(20)10-21-9-14(19)17-8-12-6-16-7-12/h2-5,12,16H,6-10H2,1H3,(H,17,19)(H,18,20). The van der Waals surface area contributed by atoms with E-state index in [-0.39, 0.29) is 17.6 Å². The first kappa shape index (κ1) is 15.9. The van der Waals surface area contributed by atoms with Gasteiger partial charge >= 0.3 is 0 Å². The molecule has 5 nitrogen and oxygen atoms in total. The lowest BCUT2D eigenvalue weighted by molar-refractivity contribution is -0.118. The quantitative estimate of drug-likeness (QED) is 0.703. The van der Waals surface area contributed by atoms with Gasteiger partial charge in [-0.3, -0.25) is 9.59 Å². The van der Waals surface area contributed by atoms with Gasteiger partial charge in [0.1, 0.15) is 0 Å². The van der Waals surface area contributed by atoms with Crippen molar-refractivity contribution in [3.8, 4) is 0 Å². The van der Waals surface area contributed by atoms with Crippen LogP contribution in [-0.2, 0) is 9.59 Å². The summed E-state index contributed by atoms with van der Waals surface area (Å²) in [5.41, 5.74) is 1.94. The van der Waals surface area contributed by atoms with Gasteiger partial charge in [0.25, 0.3) is 0 Å². The normalized spacial score (nSPS) is 14.3. The Morgan fingerprint density at radius 3 is 2.48 bits per heavy atom. The second kappa shape index (κ2) is 8.05. The molecule has 1 saturated heterocycles. The zero-order valence-electron chi connectivity index (χ0n) is 12.1. The molecule has 0 aliphatic carbocycles. The number of hydrogen-bond donors (Lipinski definition) is 3. The Kier molecular flexibility index (Phi) is 6.07. The van der Waals surface area contributed by atoms with Crippen molar-refractivity contribution >= 4 is 29.3 Å². The monoisotopic (exact) mass is 307 g/mol. The van der Waals surface area contributed by atoms with Crippen LogP contribution in [0.25, 0.3) is 0 Å². The van der Waals surface area contributed by atoms with E-state index in [0.29, 0.717) is 11.7 Å². The lowest BCUT2D eigenvalue weighted by Gasteiger charge is -2.27. The number of nitrogens with one attached hydrogen (secondary N) is 3. The molecule has 1 fully saturated rings. The van der Waals surface area contributed by atoms with Crippen LogP contribution in [0.2, 0.25) is 0 Å². The van der Waals surface area contributed by atoms with Gasteiger partial charge in [0, 0.05) is 31.2 Å². The first-order chi connectivity index (χ1) is 10.1. The molecule has 1 aliphatic rings. The van der Waals surface area contributed by atoms with Crippen LogP contribution >= 0.6 is 11.8 Å². The number of benzene rings is 1. The number of aryl methyl sites for hydroxylation is 1. The molecule has 1 aromatic carbocycles. The molecule has 0 saturated carbocycles. The average molecular weight is 307 g/mol. The summed E-state index contributed by atoms with van der Waals surface area (Å²) in [5.74, 6) is 1.08. The number of amides is 2. The van der Waals surface area contributed by atoms with Crippen molar-refractivity contribution in [1.82, 2.24) is 10.6 Å². The van der Waals surface area contributed by atoms with Gasteiger partial charge in [-0.05, 0) is 19.1 Å². The lowest BCUT2D eigenvalue weighted by atomic mass is 10.0. The van der Waals surface area contributed by atoms with Gasteiger partial charge < -0.3 is 16.0 Å². The summed E-state index contributed by atoms with van der Waals surface area (Å²) in [6.07, 6.45) is 0. The topological polar surface area (TPSA) is 70.2 Å². The Morgan fingerprint density at radius 2 is 1.86 bits per heavy atom. The van der Waals surface area contributed by atoms with Crippen LogP contribution in [0.3, 0.4) is 0 Å². The second-order valence-corrected chi connectivity index (χ2v) is 6.22. The molecule has 0 radical (unpaired) electrons. The summed E-state index contributed by atoms with van der Waals surface area (Å²) in [5, 5.41) is 8.85. The SMILES string of the molecule is Cc1ccc(NC(=O)CSCC(=O)NCC2CNC2)cc1. The van der Waals surface area contributed by atoms with Crippen LogP contribution in [0.1, 0.15) is 5.56 Å². The molecule has 0 aromatic heterocycles. The minimum absolute atomic E-state index is 0.00460. The number of thioether (sulfide) groups is 1. The highest BCUT2D eigenvalue weighted by atomic mass is 32.2. The van der Waals surface area contributed by atoms with Gasteiger partial charge in [0.2, 0.25) is 11.8 Å². The van der Waals surface area contributed by atoms with Gasteiger partial charge in [-0.1, -0.05) is 17.7 Å². The third-order valence-corrected chi connectivity index (χ3v) is 4.19. The zero-order valence-corrected chi connectivity index (χ0v) is 13.0. The molecular formula is C15H21N3O2S. The van der Waals surface area contributed by atoms with Crippen LogP contribution in [0.5, 0.6) is 0 Å². The number of rotatable bonds is 7. The van der Waals surface area contributed by atoms with Crippen molar-refractivity contribution in [2.45, 2.75) is 6.92 Å². The van der Waals surface area contributed by atoms with E-state index >= 15 is 0 Å². The fourth-order valence-corrected chi connectivity index (χ4v) is 2.52. The molecule has 1 heterocycles. The molecule has 21 heavy (non-hydrogen) atoms. The minimum atomic E-state index is -0.0835. The van der Waals surface area contributed by atoms with E-state index in [1.165, 1.54) is 11.8 Å². The molecule has 0 spiro atoms. The van der Waals surface area contributed by atoms with E-state index in [4.69, 9.17) is 0 Å². The van der Waals surface area contributed by atoms with E-state index < -0.39 is 0 Å². The molecule has 2 amide bonds. The molecular weight excluding hydrogens is 286 g/mol. The molecule has 0 atom stereocenters. The number of hydrogen-bond acceptors (Lipinski definition) is 4. The first-order valence-electron chi connectivity index (χ1n) is 7.05. The Bertz CT molecular complexity index is 486. The summed E-state index contributed by atoms with van der Waals surface area (Å²) in [6, 6.07) is 7.64. The summed E-state index contributed by atoms with van der Waals surface area (Å²) < 4.78 is 0. The Labute approximate surface area is 129 Å². The summed E-state index contributed by atoms with van der Waals surface area (Å²) in [7, 11) is 0. The summed E-state index contributed by atoms with van der Waals surface area (Å²) >= 11 is 1.33. The maximum absolute atomic E-state index is 11.7. The van der Waals surface area contributed by atoms with Gasteiger partial charge in [0.15, 0.2) is 0 Å². The van der Waals surface area contributed by atoms with E-state index in [1.54, 1.807) is 0 Å².